The molecule has 0 aromatic carbocycles. The molecule has 1 aliphatic heterocycles. The monoisotopic (exact) mass is 251 g/mol. The minimum atomic E-state index is 0.241. The Balaban J connectivity index is 2.09. The van der Waals surface area contributed by atoms with Gasteiger partial charge in [-0.25, -0.2) is 0 Å². The molecule has 0 radical (unpaired) electrons. The number of pyridine rings is 1. The summed E-state index contributed by atoms with van der Waals surface area (Å²) in [6, 6.07) is 3.74. The molecule has 0 saturated carbocycles. The largest absolute Gasteiger partial charge is 0.476 e. The minimum absolute atomic E-state index is 0.241. The molecule has 1 saturated heterocycles. The summed E-state index contributed by atoms with van der Waals surface area (Å²) in [4.78, 5) is 6.62. The van der Waals surface area contributed by atoms with Crippen LogP contribution >= 0.6 is 0 Å². The Labute approximate surface area is 108 Å². The van der Waals surface area contributed by atoms with Gasteiger partial charge >= 0.3 is 0 Å². The molecule has 1 aromatic heterocycles. The molecular weight excluding hydrogens is 230 g/mol. The van der Waals surface area contributed by atoms with Crippen LogP contribution in [0.25, 0.3) is 0 Å². The molecule has 0 spiro atoms. The van der Waals surface area contributed by atoms with E-state index in [2.05, 4.69) is 9.88 Å². The molecule has 18 heavy (non-hydrogen) atoms. The Morgan fingerprint density at radius 1 is 1.56 bits per heavy atom. The molecule has 1 aliphatic rings. The highest BCUT2D eigenvalue weighted by Gasteiger charge is 2.23. The first-order valence-corrected chi connectivity index (χ1v) is 6.49. The van der Waals surface area contributed by atoms with Crippen molar-refractivity contribution in [3.63, 3.8) is 0 Å². The maximum atomic E-state index is 9.15. The first-order chi connectivity index (χ1) is 8.74. The van der Waals surface area contributed by atoms with Crippen LogP contribution in [0, 0.1) is 5.92 Å². The van der Waals surface area contributed by atoms with Crippen LogP contribution in [0.2, 0.25) is 0 Å². The zero-order valence-electron chi connectivity index (χ0n) is 10.8. The second kappa shape index (κ2) is 5.91. The third-order valence-corrected chi connectivity index (χ3v) is 3.19. The molecule has 100 valence electrons. The first kappa shape index (κ1) is 13.0. The molecule has 0 bridgehead atoms. The highest BCUT2D eigenvalue weighted by molar-refractivity contribution is 5.54. The maximum absolute atomic E-state index is 9.15. The summed E-state index contributed by atoms with van der Waals surface area (Å²) >= 11 is 0. The summed E-state index contributed by atoms with van der Waals surface area (Å²) in [5.74, 6) is 1.75. The van der Waals surface area contributed by atoms with Crippen molar-refractivity contribution >= 4 is 11.5 Å². The van der Waals surface area contributed by atoms with Crippen LogP contribution in [0.15, 0.2) is 12.1 Å². The van der Waals surface area contributed by atoms with Crippen LogP contribution in [0.1, 0.15) is 19.8 Å². The maximum Gasteiger partial charge on any atom is 0.239 e. The predicted octanol–water partition coefficient (Wildman–Crippen LogP) is 1.27. The van der Waals surface area contributed by atoms with Gasteiger partial charge in [0.1, 0.15) is 5.82 Å². The van der Waals surface area contributed by atoms with Crippen LogP contribution in [0.3, 0.4) is 0 Å². The minimum Gasteiger partial charge on any atom is -0.476 e. The van der Waals surface area contributed by atoms with Crippen LogP contribution in [-0.2, 0) is 0 Å². The zero-order chi connectivity index (χ0) is 13.0. The quantitative estimate of drug-likeness (QED) is 0.824. The van der Waals surface area contributed by atoms with Gasteiger partial charge in [-0.2, -0.15) is 4.98 Å². The molecule has 1 fully saturated rings. The Morgan fingerprint density at radius 2 is 2.39 bits per heavy atom. The van der Waals surface area contributed by atoms with E-state index >= 15 is 0 Å². The zero-order valence-corrected chi connectivity index (χ0v) is 10.8. The molecule has 5 heteroatoms. The van der Waals surface area contributed by atoms with Gasteiger partial charge < -0.3 is 20.5 Å². The van der Waals surface area contributed by atoms with E-state index in [4.69, 9.17) is 15.6 Å². The van der Waals surface area contributed by atoms with Crippen LogP contribution < -0.4 is 15.4 Å². The number of anilines is 2. The SMILES string of the molecule is CCCOc1nc(N2CCC(CO)C2)ccc1N. The van der Waals surface area contributed by atoms with Gasteiger partial charge in [-0.3, -0.25) is 0 Å². The summed E-state index contributed by atoms with van der Waals surface area (Å²) in [5.41, 5.74) is 6.41. The number of hydrogen-bond donors (Lipinski definition) is 2. The van der Waals surface area contributed by atoms with Crippen molar-refractivity contribution in [3.05, 3.63) is 12.1 Å². The number of nitrogen functional groups attached to an aromatic ring is 1. The van der Waals surface area contributed by atoms with Crippen molar-refractivity contribution < 1.29 is 9.84 Å². The Hall–Kier alpha value is -1.49. The number of aromatic nitrogens is 1. The fraction of sp³-hybridized carbons (Fsp3) is 0.615. The summed E-state index contributed by atoms with van der Waals surface area (Å²) in [6.07, 6.45) is 1.94. The molecule has 0 aliphatic carbocycles. The van der Waals surface area contributed by atoms with Crippen molar-refractivity contribution in [2.45, 2.75) is 19.8 Å². The van der Waals surface area contributed by atoms with E-state index in [1.165, 1.54) is 0 Å². The van der Waals surface area contributed by atoms with Crippen molar-refractivity contribution in [2.24, 2.45) is 5.92 Å². The lowest BCUT2D eigenvalue weighted by Crippen LogP contribution is -2.22. The molecule has 2 rings (SSSR count). The standard InChI is InChI=1S/C13H21N3O2/c1-2-7-18-13-11(14)3-4-12(15-13)16-6-5-10(8-16)9-17/h3-4,10,17H,2,5-9,14H2,1H3. The van der Waals surface area contributed by atoms with Crippen molar-refractivity contribution in [3.8, 4) is 5.88 Å². The Bertz CT molecular complexity index is 398. The second-order valence-corrected chi connectivity index (χ2v) is 4.70. The number of nitrogens with zero attached hydrogens (tertiary/aromatic N) is 2. The van der Waals surface area contributed by atoms with Crippen molar-refractivity contribution in [1.82, 2.24) is 4.98 Å². The fourth-order valence-electron chi connectivity index (χ4n) is 2.12. The molecule has 0 amide bonds. The van der Waals surface area contributed by atoms with Crippen LogP contribution in [0.4, 0.5) is 11.5 Å². The summed E-state index contributed by atoms with van der Waals surface area (Å²) in [5, 5.41) is 9.15. The van der Waals surface area contributed by atoms with Gasteiger partial charge in [-0.1, -0.05) is 6.92 Å². The van der Waals surface area contributed by atoms with Gasteiger partial charge in [0.2, 0.25) is 5.88 Å². The molecule has 1 aromatic rings. The number of aliphatic hydroxyl groups excluding tert-OH is 1. The van der Waals surface area contributed by atoms with E-state index in [-0.39, 0.29) is 6.61 Å². The summed E-state index contributed by atoms with van der Waals surface area (Å²) in [7, 11) is 0. The Morgan fingerprint density at radius 3 is 3.06 bits per heavy atom. The highest BCUT2D eigenvalue weighted by atomic mass is 16.5. The van der Waals surface area contributed by atoms with E-state index in [9.17, 15) is 0 Å². The molecule has 1 atom stereocenters. The summed E-state index contributed by atoms with van der Waals surface area (Å²) in [6.45, 7) is 4.69. The smallest absolute Gasteiger partial charge is 0.239 e. The van der Waals surface area contributed by atoms with E-state index < -0.39 is 0 Å². The number of nitrogens with two attached hydrogens (primary N) is 1. The van der Waals surface area contributed by atoms with E-state index in [1.807, 2.05) is 19.1 Å². The molecule has 1 unspecified atom stereocenters. The van der Waals surface area contributed by atoms with E-state index in [0.717, 1.165) is 31.7 Å². The van der Waals surface area contributed by atoms with E-state index in [1.54, 1.807) is 0 Å². The lowest BCUT2D eigenvalue weighted by atomic mass is 10.1. The summed E-state index contributed by atoms with van der Waals surface area (Å²) < 4.78 is 5.53. The molecule has 5 nitrogen and oxygen atoms in total. The van der Waals surface area contributed by atoms with Gasteiger partial charge in [0.15, 0.2) is 0 Å². The number of hydrogen-bond acceptors (Lipinski definition) is 5. The van der Waals surface area contributed by atoms with Crippen molar-refractivity contribution in [1.29, 1.82) is 0 Å². The van der Waals surface area contributed by atoms with E-state index in [0.29, 0.717) is 24.1 Å². The van der Waals surface area contributed by atoms with Crippen LogP contribution in [-0.4, -0.2) is 36.4 Å². The lowest BCUT2D eigenvalue weighted by molar-refractivity contribution is 0.238. The molecule has 2 heterocycles. The normalized spacial score (nSPS) is 19.2. The number of aliphatic hydroxyl groups is 1. The fourth-order valence-corrected chi connectivity index (χ4v) is 2.12. The van der Waals surface area contributed by atoms with Crippen LogP contribution in [0.5, 0.6) is 5.88 Å². The molecular formula is C13H21N3O2. The third-order valence-electron chi connectivity index (χ3n) is 3.19. The van der Waals surface area contributed by atoms with Gasteiger partial charge in [0.05, 0.1) is 12.3 Å². The lowest BCUT2D eigenvalue weighted by Gasteiger charge is -2.18. The topological polar surface area (TPSA) is 71.6 Å². The van der Waals surface area contributed by atoms with Gasteiger partial charge in [-0.15, -0.1) is 0 Å². The first-order valence-electron chi connectivity index (χ1n) is 6.49. The number of ether oxygens (including phenoxy) is 1. The Kier molecular flexibility index (Phi) is 4.25. The van der Waals surface area contributed by atoms with Gasteiger partial charge in [0.25, 0.3) is 0 Å². The average molecular weight is 251 g/mol. The van der Waals surface area contributed by atoms with Gasteiger partial charge in [-0.05, 0) is 25.0 Å². The number of rotatable bonds is 5. The second-order valence-electron chi connectivity index (χ2n) is 4.70. The highest BCUT2D eigenvalue weighted by Crippen LogP contribution is 2.27. The van der Waals surface area contributed by atoms with Gasteiger partial charge in [0, 0.05) is 25.6 Å². The molecule has 3 N–H and O–H groups in total. The predicted molar refractivity (Wildman–Crippen MR) is 71.8 cm³/mol. The average Bonchev–Trinajstić information content (AvgIpc) is 2.86. The van der Waals surface area contributed by atoms with Crippen molar-refractivity contribution in [2.75, 3.05) is 36.9 Å². The third kappa shape index (κ3) is 2.85.